The Morgan fingerprint density at radius 3 is 2.62 bits per heavy atom. The van der Waals surface area contributed by atoms with Gasteiger partial charge in [-0.05, 0) is 42.0 Å². The Kier molecular flexibility index (Phi) is 3.25. The lowest BCUT2D eigenvalue weighted by atomic mass is 10.0. The Morgan fingerprint density at radius 2 is 1.88 bits per heavy atom. The van der Waals surface area contributed by atoms with Crippen molar-refractivity contribution in [1.29, 1.82) is 5.26 Å². The van der Waals surface area contributed by atoms with Gasteiger partial charge in [0.05, 0.1) is 11.8 Å². The second kappa shape index (κ2) is 5.21. The van der Waals surface area contributed by atoms with Crippen LogP contribution in [0.3, 0.4) is 0 Å². The molecule has 1 saturated carbocycles. The van der Waals surface area contributed by atoms with Gasteiger partial charge in [-0.2, -0.15) is 19.3 Å². The first-order valence-electron chi connectivity index (χ1n) is 7.08. The first-order valence-corrected chi connectivity index (χ1v) is 7.46. The third kappa shape index (κ3) is 2.22. The van der Waals surface area contributed by atoms with Crippen LogP contribution >= 0.6 is 11.6 Å². The first kappa shape index (κ1) is 15.0. The van der Waals surface area contributed by atoms with Crippen molar-refractivity contribution in [3.8, 4) is 6.07 Å². The van der Waals surface area contributed by atoms with Gasteiger partial charge in [-0.15, -0.1) is 0 Å². The Balaban J connectivity index is 1.76. The van der Waals surface area contributed by atoms with E-state index >= 15 is 0 Å². The molecule has 120 valence electrons. The summed E-state index contributed by atoms with van der Waals surface area (Å²) in [6, 6.07) is 5.11. The van der Waals surface area contributed by atoms with Crippen molar-refractivity contribution in [2.24, 2.45) is 0 Å². The number of fused-ring (bicyclic) bond motifs is 1. The minimum absolute atomic E-state index is 0.0894. The van der Waals surface area contributed by atoms with E-state index in [1.165, 1.54) is 0 Å². The highest BCUT2D eigenvalue weighted by Crippen LogP contribution is 2.56. The van der Waals surface area contributed by atoms with Gasteiger partial charge in [0, 0.05) is 5.56 Å². The molecule has 0 bridgehead atoms. The van der Waals surface area contributed by atoms with E-state index in [-0.39, 0.29) is 28.1 Å². The van der Waals surface area contributed by atoms with Gasteiger partial charge in [0.1, 0.15) is 17.7 Å². The van der Waals surface area contributed by atoms with E-state index in [0.717, 1.165) is 22.8 Å². The summed E-state index contributed by atoms with van der Waals surface area (Å²) in [5, 5.41) is 12.7. The molecule has 3 aromatic rings. The Bertz CT molecular complexity index is 1020. The zero-order chi connectivity index (χ0) is 17.0. The number of halogens is 4. The summed E-state index contributed by atoms with van der Waals surface area (Å²) >= 11 is 5.92. The van der Waals surface area contributed by atoms with Crippen LogP contribution in [0.25, 0.3) is 5.65 Å². The van der Waals surface area contributed by atoms with Gasteiger partial charge in [0.25, 0.3) is 0 Å². The van der Waals surface area contributed by atoms with Gasteiger partial charge < -0.3 is 0 Å². The third-order valence-corrected chi connectivity index (χ3v) is 4.41. The standard InChI is InChI=1S/C16H8ClF3N4/c17-14-4-11(16-22-6-15(20)24(16)23-14)9-2-8(9)10-3-12(18)7(5-21)1-13(10)19/h1,3-4,6,8-9H,2H2/t8-,9-/m0/s1. The van der Waals surface area contributed by atoms with E-state index in [0.29, 0.717) is 17.6 Å². The molecular formula is C16H8ClF3N4. The zero-order valence-corrected chi connectivity index (χ0v) is 12.7. The van der Waals surface area contributed by atoms with E-state index in [9.17, 15) is 13.2 Å². The smallest absolute Gasteiger partial charge is 0.232 e. The number of nitriles is 1. The number of aromatic nitrogens is 3. The number of hydrogen-bond acceptors (Lipinski definition) is 3. The van der Waals surface area contributed by atoms with Gasteiger partial charge >= 0.3 is 0 Å². The second-order valence-corrected chi connectivity index (χ2v) is 6.04. The molecule has 0 spiro atoms. The van der Waals surface area contributed by atoms with E-state index in [4.69, 9.17) is 16.9 Å². The van der Waals surface area contributed by atoms with Crippen molar-refractivity contribution in [2.45, 2.75) is 18.3 Å². The van der Waals surface area contributed by atoms with Crippen LogP contribution in [-0.4, -0.2) is 14.6 Å². The third-order valence-electron chi connectivity index (χ3n) is 4.22. The summed E-state index contributed by atoms with van der Waals surface area (Å²) in [6.45, 7) is 0. The minimum atomic E-state index is -0.760. The lowest BCUT2D eigenvalue weighted by Crippen LogP contribution is -2.00. The van der Waals surface area contributed by atoms with Crippen molar-refractivity contribution in [2.75, 3.05) is 0 Å². The quantitative estimate of drug-likeness (QED) is 0.704. The van der Waals surface area contributed by atoms with Crippen LogP contribution in [0.2, 0.25) is 5.15 Å². The molecule has 2 heterocycles. The average molecular weight is 349 g/mol. The fourth-order valence-corrected chi connectivity index (χ4v) is 3.21. The van der Waals surface area contributed by atoms with Crippen LogP contribution in [0.4, 0.5) is 13.2 Å². The van der Waals surface area contributed by atoms with Gasteiger partial charge in [0.2, 0.25) is 5.95 Å². The summed E-state index contributed by atoms with van der Waals surface area (Å²) in [5.74, 6) is -2.50. The maximum atomic E-state index is 14.2. The van der Waals surface area contributed by atoms with Gasteiger partial charge in [-0.25, -0.2) is 13.8 Å². The average Bonchev–Trinajstić information content (AvgIpc) is 3.26. The SMILES string of the molecule is N#Cc1cc(F)c([C@H]2C[C@@H]2c2cc(Cl)nn3c(F)cnc23)cc1F. The van der Waals surface area contributed by atoms with E-state index < -0.39 is 17.6 Å². The molecule has 4 rings (SSSR count). The van der Waals surface area contributed by atoms with Crippen molar-refractivity contribution in [3.05, 3.63) is 63.8 Å². The maximum absolute atomic E-state index is 14.2. The molecule has 0 amide bonds. The Labute approximate surface area is 139 Å². The molecular weight excluding hydrogens is 341 g/mol. The lowest BCUT2D eigenvalue weighted by molar-refractivity contribution is 0.548. The predicted molar refractivity (Wildman–Crippen MR) is 79.1 cm³/mol. The van der Waals surface area contributed by atoms with Gasteiger partial charge in [-0.1, -0.05) is 11.6 Å². The van der Waals surface area contributed by atoms with E-state index in [1.807, 2.05) is 0 Å². The van der Waals surface area contributed by atoms with Crippen LogP contribution in [0.1, 0.15) is 34.9 Å². The van der Waals surface area contributed by atoms with E-state index in [2.05, 4.69) is 10.1 Å². The molecule has 8 heteroatoms. The number of rotatable bonds is 2. The van der Waals surface area contributed by atoms with Crippen LogP contribution in [0.15, 0.2) is 24.4 Å². The topological polar surface area (TPSA) is 54.0 Å². The van der Waals surface area contributed by atoms with Crippen LogP contribution < -0.4 is 0 Å². The highest BCUT2D eigenvalue weighted by atomic mass is 35.5. The second-order valence-electron chi connectivity index (χ2n) is 5.65. The van der Waals surface area contributed by atoms with Crippen LogP contribution in [-0.2, 0) is 0 Å². The highest BCUT2D eigenvalue weighted by Gasteiger charge is 2.43. The normalized spacial score (nSPS) is 19.5. The summed E-state index contributed by atoms with van der Waals surface area (Å²) < 4.78 is 42.6. The molecule has 4 nitrogen and oxygen atoms in total. The summed E-state index contributed by atoms with van der Waals surface area (Å²) in [4.78, 5) is 3.97. The number of nitrogens with zero attached hydrogens (tertiary/aromatic N) is 4. The maximum Gasteiger partial charge on any atom is 0.234 e. The van der Waals surface area contributed by atoms with Gasteiger partial charge in [-0.3, -0.25) is 0 Å². The predicted octanol–water partition coefficient (Wildman–Crippen LogP) is 3.94. The monoisotopic (exact) mass is 348 g/mol. The molecule has 1 fully saturated rings. The molecule has 1 aromatic carbocycles. The zero-order valence-electron chi connectivity index (χ0n) is 12.0. The largest absolute Gasteiger partial charge is 0.234 e. The molecule has 1 aliphatic carbocycles. The first-order chi connectivity index (χ1) is 11.5. The Morgan fingerprint density at radius 1 is 1.12 bits per heavy atom. The van der Waals surface area contributed by atoms with Crippen LogP contribution in [0.5, 0.6) is 0 Å². The molecule has 1 aliphatic rings. The number of imidazole rings is 1. The number of hydrogen-bond donors (Lipinski definition) is 0. The molecule has 0 N–H and O–H groups in total. The van der Waals surface area contributed by atoms with Crippen molar-refractivity contribution < 1.29 is 13.2 Å². The molecule has 2 aromatic heterocycles. The van der Waals surface area contributed by atoms with Crippen molar-refractivity contribution in [3.63, 3.8) is 0 Å². The highest BCUT2D eigenvalue weighted by molar-refractivity contribution is 6.29. The lowest BCUT2D eigenvalue weighted by Gasteiger charge is -2.06. The molecule has 0 saturated heterocycles. The number of benzene rings is 1. The van der Waals surface area contributed by atoms with Crippen molar-refractivity contribution >= 4 is 17.2 Å². The van der Waals surface area contributed by atoms with Crippen LogP contribution in [0, 0.1) is 28.9 Å². The molecule has 0 radical (unpaired) electrons. The fraction of sp³-hybridized carbons (Fsp3) is 0.188. The van der Waals surface area contributed by atoms with Crippen molar-refractivity contribution in [1.82, 2.24) is 14.6 Å². The molecule has 24 heavy (non-hydrogen) atoms. The summed E-state index contributed by atoms with van der Waals surface area (Å²) in [6.07, 6.45) is 1.58. The Hall–Kier alpha value is -2.59. The fourth-order valence-electron chi connectivity index (χ4n) is 3.02. The molecule has 0 aliphatic heterocycles. The summed E-state index contributed by atoms with van der Waals surface area (Å²) in [5.41, 5.74) is 0.791. The molecule has 2 atom stereocenters. The van der Waals surface area contributed by atoms with E-state index in [1.54, 1.807) is 12.1 Å². The van der Waals surface area contributed by atoms with Gasteiger partial charge in [0.15, 0.2) is 10.8 Å². The summed E-state index contributed by atoms with van der Waals surface area (Å²) in [7, 11) is 0. The molecule has 0 unspecified atom stereocenters. The minimum Gasteiger partial charge on any atom is -0.232 e.